The molecule has 3 heterocycles. The minimum absolute atomic E-state index is 0.924. The number of para-hydroxylation sites is 2. The van der Waals surface area contributed by atoms with Crippen molar-refractivity contribution in [1.29, 1.82) is 0 Å². The van der Waals surface area contributed by atoms with E-state index in [1.54, 1.807) is 0 Å². The molecule has 0 aliphatic carbocycles. The predicted molar refractivity (Wildman–Crippen MR) is 192 cm³/mol. The van der Waals surface area contributed by atoms with Crippen LogP contribution in [-0.4, -0.2) is 4.57 Å². The number of nitrogens with zero attached hydrogens (tertiary/aromatic N) is 1. The molecule has 0 atom stereocenters. The van der Waals surface area contributed by atoms with E-state index in [-0.39, 0.29) is 0 Å². The lowest BCUT2D eigenvalue weighted by atomic mass is 10.00. The zero-order valence-corrected chi connectivity index (χ0v) is 25.0. The molecule has 0 aliphatic heterocycles. The lowest BCUT2D eigenvalue weighted by Crippen LogP contribution is -1.93. The minimum atomic E-state index is 0.924. The second kappa shape index (κ2) is 9.43. The molecule has 0 radical (unpaired) electrons. The summed E-state index contributed by atoms with van der Waals surface area (Å²) in [5.74, 6) is 0. The van der Waals surface area contributed by atoms with E-state index < -0.39 is 0 Å². The summed E-state index contributed by atoms with van der Waals surface area (Å²) in [6, 6.07) is 54.6. The Morgan fingerprint density at radius 3 is 1.80 bits per heavy atom. The topological polar surface area (TPSA) is 18.1 Å². The van der Waals surface area contributed by atoms with E-state index in [0.29, 0.717) is 0 Å². The van der Waals surface area contributed by atoms with E-state index >= 15 is 0 Å². The molecular formula is C42H25NOS. The first kappa shape index (κ1) is 24.8. The Morgan fingerprint density at radius 1 is 0.422 bits per heavy atom. The molecule has 0 saturated heterocycles. The third kappa shape index (κ3) is 3.56. The summed E-state index contributed by atoms with van der Waals surface area (Å²) in [5.41, 5.74) is 10.4. The van der Waals surface area contributed by atoms with Crippen molar-refractivity contribution in [3.05, 3.63) is 152 Å². The Bertz CT molecular complexity index is 2740. The number of thiophene rings is 1. The molecule has 10 aromatic rings. The van der Waals surface area contributed by atoms with Crippen LogP contribution in [0.15, 0.2) is 156 Å². The van der Waals surface area contributed by atoms with Gasteiger partial charge in [-0.1, -0.05) is 115 Å². The Morgan fingerprint density at radius 2 is 1.04 bits per heavy atom. The van der Waals surface area contributed by atoms with Crippen LogP contribution >= 0.6 is 11.3 Å². The van der Waals surface area contributed by atoms with Gasteiger partial charge < -0.3 is 8.98 Å². The van der Waals surface area contributed by atoms with Gasteiger partial charge in [-0.3, -0.25) is 0 Å². The van der Waals surface area contributed by atoms with E-state index in [1.165, 1.54) is 53.3 Å². The standard InChI is InChI=1S/C42H25NOS/c1-2-10-26(11-3-1)29-14-8-16-33-34-17-9-15-30(42(34)45-41(29)33)27-20-22-28(23-21-27)43-36-18-6-4-13-35(36)39-37(43)25-24-32-31-12-5-7-19-38(31)44-40(32)39/h1-25H. The van der Waals surface area contributed by atoms with Crippen molar-refractivity contribution in [2.75, 3.05) is 0 Å². The number of aromatic nitrogens is 1. The van der Waals surface area contributed by atoms with Gasteiger partial charge in [0.05, 0.1) is 16.4 Å². The molecular weight excluding hydrogens is 567 g/mol. The smallest absolute Gasteiger partial charge is 0.145 e. The lowest BCUT2D eigenvalue weighted by Gasteiger charge is -2.10. The van der Waals surface area contributed by atoms with Gasteiger partial charge in [-0.05, 0) is 58.7 Å². The molecule has 3 aromatic heterocycles. The van der Waals surface area contributed by atoms with Crippen LogP contribution in [0, 0.1) is 0 Å². The summed E-state index contributed by atoms with van der Waals surface area (Å²) < 4.78 is 11.5. The molecule has 2 nitrogen and oxygen atoms in total. The first-order valence-corrected chi connectivity index (χ1v) is 16.1. The maximum absolute atomic E-state index is 6.49. The van der Waals surface area contributed by atoms with Crippen LogP contribution in [-0.2, 0) is 0 Å². The number of furan rings is 1. The number of benzene rings is 7. The fourth-order valence-corrected chi connectivity index (χ4v) is 8.57. The van der Waals surface area contributed by atoms with Crippen molar-refractivity contribution < 1.29 is 4.42 Å². The van der Waals surface area contributed by atoms with E-state index in [2.05, 4.69) is 150 Å². The molecule has 45 heavy (non-hydrogen) atoms. The molecule has 3 heteroatoms. The number of hydrogen-bond donors (Lipinski definition) is 0. The van der Waals surface area contributed by atoms with Gasteiger partial charge in [0.15, 0.2) is 0 Å². The summed E-state index contributed by atoms with van der Waals surface area (Å²) in [6.45, 7) is 0. The fraction of sp³-hybridized carbons (Fsp3) is 0. The maximum Gasteiger partial charge on any atom is 0.145 e. The Balaban J connectivity index is 1.15. The van der Waals surface area contributed by atoms with Crippen LogP contribution in [0.1, 0.15) is 0 Å². The van der Waals surface area contributed by atoms with Crippen molar-refractivity contribution in [2.45, 2.75) is 0 Å². The van der Waals surface area contributed by atoms with Gasteiger partial charge in [0.2, 0.25) is 0 Å². The Hall–Kier alpha value is -5.64. The van der Waals surface area contributed by atoms with Gasteiger partial charge in [-0.2, -0.15) is 0 Å². The van der Waals surface area contributed by atoms with Gasteiger partial charge in [0, 0.05) is 42.0 Å². The molecule has 210 valence electrons. The monoisotopic (exact) mass is 591 g/mol. The van der Waals surface area contributed by atoms with E-state index in [9.17, 15) is 0 Å². The van der Waals surface area contributed by atoms with Gasteiger partial charge in [-0.25, -0.2) is 0 Å². The average Bonchev–Trinajstić information content (AvgIpc) is 3.78. The van der Waals surface area contributed by atoms with Crippen LogP contribution in [0.5, 0.6) is 0 Å². The van der Waals surface area contributed by atoms with Crippen LogP contribution in [0.25, 0.3) is 91.9 Å². The van der Waals surface area contributed by atoms with Crippen LogP contribution in [0.4, 0.5) is 0 Å². The highest BCUT2D eigenvalue weighted by Gasteiger charge is 2.19. The first-order chi connectivity index (χ1) is 22.3. The quantitative estimate of drug-likeness (QED) is 0.200. The number of rotatable bonds is 3. The molecule has 0 aliphatic rings. The van der Waals surface area contributed by atoms with Gasteiger partial charge in [-0.15, -0.1) is 11.3 Å². The second-order valence-electron chi connectivity index (χ2n) is 11.7. The van der Waals surface area contributed by atoms with Crippen molar-refractivity contribution in [3.8, 4) is 27.9 Å². The third-order valence-electron chi connectivity index (χ3n) is 9.23. The molecule has 0 saturated carbocycles. The zero-order chi connectivity index (χ0) is 29.5. The van der Waals surface area contributed by atoms with Crippen LogP contribution in [0.3, 0.4) is 0 Å². The molecule has 0 bridgehead atoms. The lowest BCUT2D eigenvalue weighted by molar-refractivity contribution is 0.673. The van der Waals surface area contributed by atoms with E-state index in [0.717, 1.165) is 38.5 Å². The molecule has 0 N–H and O–H groups in total. The highest BCUT2D eigenvalue weighted by molar-refractivity contribution is 7.26. The van der Waals surface area contributed by atoms with Crippen molar-refractivity contribution in [3.63, 3.8) is 0 Å². The average molecular weight is 592 g/mol. The van der Waals surface area contributed by atoms with E-state index in [1.807, 2.05) is 17.4 Å². The highest BCUT2D eigenvalue weighted by atomic mass is 32.1. The number of hydrogen-bond acceptors (Lipinski definition) is 2. The first-order valence-electron chi connectivity index (χ1n) is 15.3. The van der Waals surface area contributed by atoms with Crippen molar-refractivity contribution in [2.24, 2.45) is 0 Å². The summed E-state index contributed by atoms with van der Waals surface area (Å²) in [5, 5.41) is 7.30. The van der Waals surface area contributed by atoms with Gasteiger partial charge >= 0.3 is 0 Å². The molecule has 10 rings (SSSR count). The van der Waals surface area contributed by atoms with E-state index in [4.69, 9.17) is 4.42 Å². The summed E-state index contributed by atoms with van der Waals surface area (Å²) in [4.78, 5) is 0. The maximum atomic E-state index is 6.49. The normalized spacial score (nSPS) is 12.0. The molecule has 7 aromatic carbocycles. The summed E-state index contributed by atoms with van der Waals surface area (Å²) in [6.07, 6.45) is 0. The van der Waals surface area contributed by atoms with Crippen molar-refractivity contribution >= 4 is 75.3 Å². The van der Waals surface area contributed by atoms with Crippen LogP contribution < -0.4 is 0 Å². The molecule has 0 amide bonds. The molecule has 0 spiro atoms. The zero-order valence-electron chi connectivity index (χ0n) is 24.2. The molecule has 0 fully saturated rings. The fourth-order valence-electron chi connectivity index (χ4n) is 7.20. The Kier molecular flexibility index (Phi) is 5.19. The molecule has 0 unspecified atom stereocenters. The van der Waals surface area contributed by atoms with Gasteiger partial charge in [0.25, 0.3) is 0 Å². The predicted octanol–water partition coefficient (Wildman–Crippen LogP) is 12.4. The summed E-state index contributed by atoms with van der Waals surface area (Å²) >= 11 is 1.90. The summed E-state index contributed by atoms with van der Waals surface area (Å²) in [7, 11) is 0. The second-order valence-corrected chi connectivity index (χ2v) is 12.7. The number of fused-ring (bicyclic) bond motifs is 10. The van der Waals surface area contributed by atoms with Crippen molar-refractivity contribution in [1.82, 2.24) is 4.57 Å². The SMILES string of the molecule is c1ccc(-c2cccc3c2sc2c(-c4ccc(-n5c6ccccc6c6c7oc8ccccc8c7ccc65)cc4)cccc23)cc1. The largest absolute Gasteiger partial charge is 0.455 e. The van der Waals surface area contributed by atoms with Gasteiger partial charge in [0.1, 0.15) is 11.2 Å². The highest BCUT2D eigenvalue weighted by Crippen LogP contribution is 2.44. The minimum Gasteiger partial charge on any atom is -0.455 e. The van der Waals surface area contributed by atoms with Crippen LogP contribution in [0.2, 0.25) is 0 Å². The Labute approximate surface area is 263 Å². The third-order valence-corrected chi connectivity index (χ3v) is 10.5.